The molecular formula is C16H32N2O. The summed E-state index contributed by atoms with van der Waals surface area (Å²) in [6.07, 6.45) is 11.0. The van der Waals surface area contributed by atoms with Crippen molar-refractivity contribution in [2.24, 2.45) is 0 Å². The normalized spacial score (nSPS) is 28.6. The highest BCUT2D eigenvalue weighted by molar-refractivity contribution is 4.94. The molecular weight excluding hydrogens is 236 g/mol. The molecule has 0 aliphatic heterocycles. The largest absolute Gasteiger partial charge is 0.383 e. The second-order valence-electron chi connectivity index (χ2n) is 6.23. The van der Waals surface area contributed by atoms with Crippen LogP contribution in [0, 0.1) is 0 Å². The molecule has 2 fully saturated rings. The molecule has 0 aromatic rings. The number of methoxy groups -OCH3 is 1. The summed E-state index contributed by atoms with van der Waals surface area (Å²) in [6, 6.07) is 2.31. The van der Waals surface area contributed by atoms with Gasteiger partial charge in [0.1, 0.15) is 0 Å². The molecule has 2 atom stereocenters. The molecule has 2 aliphatic rings. The van der Waals surface area contributed by atoms with Crippen molar-refractivity contribution in [3.05, 3.63) is 0 Å². The summed E-state index contributed by atoms with van der Waals surface area (Å²) in [5.74, 6) is 0. The zero-order valence-electron chi connectivity index (χ0n) is 12.9. The molecule has 3 nitrogen and oxygen atoms in total. The lowest BCUT2D eigenvalue weighted by molar-refractivity contribution is 0.0916. The minimum absolute atomic E-state index is 0.708. The molecule has 2 aliphatic carbocycles. The van der Waals surface area contributed by atoms with Crippen molar-refractivity contribution >= 4 is 0 Å². The van der Waals surface area contributed by atoms with Gasteiger partial charge in [0.2, 0.25) is 0 Å². The molecule has 0 radical (unpaired) electrons. The molecule has 2 unspecified atom stereocenters. The van der Waals surface area contributed by atoms with Crippen molar-refractivity contribution in [2.75, 3.05) is 26.8 Å². The number of hydrogen-bond donors (Lipinski definition) is 1. The molecule has 0 saturated heterocycles. The first kappa shape index (κ1) is 15.3. The molecule has 0 aromatic carbocycles. The summed E-state index contributed by atoms with van der Waals surface area (Å²) in [5.41, 5.74) is 0. The fraction of sp³-hybridized carbons (Fsp3) is 1.00. The second-order valence-corrected chi connectivity index (χ2v) is 6.23. The van der Waals surface area contributed by atoms with Crippen LogP contribution in [0.2, 0.25) is 0 Å². The zero-order valence-corrected chi connectivity index (χ0v) is 12.9. The van der Waals surface area contributed by atoms with E-state index in [1.165, 1.54) is 57.9 Å². The van der Waals surface area contributed by atoms with E-state index in [0.29, 0.717) is 6.04 Å². The van der Waals surface area contributed by atoms with Crippen LogP contribution in [0.1, 0.15) is 58.3 Å². The average molecular weight is 268 g/mol. The van der Waals surface area contributed by atoms with Crippen LogP contribution in [0.5, 0.6) is 0 Å². The highest BCUT2D eigenvalue weighted by atomic mass is 16.5. The Morgan fingerprint density at radius 2 is 1.89 bits per heavy atom. The van der Waals surface area contributed by atoms with Gasteiger partial charge in [-0.15, -0.1) is 0 Å². The van der Waals surface area contributed by atoms with E-state index in [1.54, 1.807) is 0 Å². The Bertz CT molecular complexity index is 243. The Labute approximate surface area is 119 Å². The minimum Gasteiger partial charge on any atom is -0.383 e. The van der Waals surface area contributed by atoms with Gasteiger partial charge < -0.3 is 10.1 Å². The average Bonchev–Trinajstić information content (AvgIpc) is 3.24. The van der Waals surface area contributed by atoms with Crippen LogP contribution in [0.4, 0.5) is 0 Å². The predicted octanol–water partition coefficient (Wildman–Crippen LogP) is 2.80. The number of rotatable bonds is 8. The molecule has 2 saturated carbocycles. The Hall–Kier alpha value is -0.120. The maximum atomic E-state index is 5.33. The van der Waals surface area contributed by atoms with E-state index >= 15 is 0 Å². The molecule has 0 bridgehead atoms. The summed E-state index contributed by atoms with van der Waals surface area (Å²) in [7, 11) is 1.82. The Morgan fingerprint density at radius 1 is 1.11 bits per heavy atom. The number of ether oxygens (including phenoxy) is 1. The van der Waals surface area contributed by atoms with Crippen molar-refractivity contribution in [3.63, 3.8) is 0 Å². The van der Waals surface area contributed by atoms with Gasteiger partial charge in [-0.2, -0.15) is 0 Å². The van der Waals surface area contributed by atoms with Gasteiger partial charge in [-0.1, -0.05) is 26.2 Å². The topological polar surface area (TPSA) is 24.5 Å². The van der Waals surface area contributed by atoms with Gasteiger partial charge in [-0.25, -0.2) is 0 Å². The minimum atomic E-state index is 0.708. The van der Waals surface area contributed by atoms with Crippen LogP contribution >= 0.6 is 0 Å². The molecule has 19 heavy (non-hydrogen) atoms. The highest BCUT2D eigenvalue weighted by Crippen LogP contribution is 2.33. The molecule has 2 rings (SSSR count). The molecule has 3 heteroatoms. The third-order valence-electron chi connectivity index (χ3n) is 4.63. The van der Waals surface area contributed by atoms with Gasteiger partial charge in [0.15, 0.2) is 0 Å². The molecule has 0 heterocycles. The van der Waals surface area contributed by atoms with Crippen molar-refractivity contribution < 1.29 is 4.74 Å². The zero-order chi connectivity index (χ0) is 13.5. The summed E-state index contributed by atoms with van der Waals surface area (Å²) < 4.78 is 5.33. The second kappa shape index (κ2) is 8.23. The van der Waals surface area contributed by atoms with E-state index in [0.717, 1.165) is 25.2 Å². The van der Waals surface area contributed by atoms with E-state index in [9.17, 15) is 0 Å². The number of nitrogens with one attached hydrogen (secondary N) is 1. The first-order valence-electron chi connectivity index (χ1n) is 8.35. The molecule has 112 valence electrons. The third-order valence-corrected chi connectivity index (χ3v) is 4.63. The summed E-state index contributed by atoms with van der Waals surface area (Å²) >= 11 is 0. The maximum absolute atomic E-state index is 5.33. The van der Waals surface area contributed by atoms with Gasteiger partial charge in [-0.3, -0.25) is 4.90 Å². The molecule has 0 amide bonds. The SMILES string of the molecule is CCCNC1CCCCCC1N(CCOC)C1CC1. The Kier molecular flexibility index (Phi) is 6.62. The summed E-state index contributed by atoms with van der Waals surface area (Å²) in [5, 5.41) is 3.82. The smallest absolute Gasteiger partial charge is 0.0589 e. The van der Waals surface area contributed by atoms with E-state index in [-0.39, 0.29) is 0 Å². The van der Waals surface area contributed by atoms with Crippen LogP contribution < -0.4 is 5.32 Å². The van der Waals surface area contributed by atoms with E-state index in [1.807, 2.05) is 7.11 Å². The quantitative estimate of drug-likeness (QED) is 0.685. The van der Waals surface area contributed by atoms with Crippen LogP contribution in [0.3, 0.4) is 0 Å². The first-order valence-corrected chi connectivity index (χ1v) is 8.35. The van der Waals surface area contributed by atoms with Crippen LogP contribution in [-0.4, -0.2) is 49.8 Å². The fourth-order valence-electron chi connectivity index (χ4n) is 3.47. The van der Waals surface area contributed by atoms with E-state index in [2.05, 4.69) is 17.1 Å². The molecule has 1 N–H and O–H groups in total. The monoisotopic (exact) mass is 268 g/mol. The van der Waals surface area contributed by atoms with Crippen molar-refractivity contribution in [2.45, 2.75) is 76.4 Å². The lowest BCUT2D eigenvalue weighted by Crippen LogP contribution is -2.51. The Balaban J connectivity index is 1.96. The van der Waals surface area contributed by atoms with Crippen LogP contribution in [0.15, 0.2) is 0 Å². The lowest BCUT2D eigenvalue weighted by Gasteiger charge is -2.37. The van der Waals surface area contributed by atoms with Crippen LogP contribution in [0.25, 0.3) is 0 Å². The lowest BCUT2D eigenvalue weighted by atomic mass is 10.0. The molecule has 0 spiro atoms. The van der Waals surface area contributed by atoms with Crippen molar-refractivity contribution in [3.8, 4) is 0 Å². The first-order chi connectivity index (χ1) is 9.36. The molecule has 0 aromatic heterocycles. The van der Waals surface area contributed by atoms with Gasteiger partial charge >= 0.3 is 0 Å². The van der Waals surface area contributed by atoms with Gasteiger partial charge in [-0.05, 0) is 38.6 Å². The van der Waals surface area contributed by atoms with Gasteiger partial charge in [0, 0.05) is 31.8 Å². The van der Waals surface area contributed by atoms with Crippen molar-refractivity contribution in [1.82, 2.24) is 10.2 Å². The van der Waals surface area contributed by atoms with Gasteiger partial charge in [0.05, 0.1) is 6.61 Å². The van der Waals surface area contributed by atoms with Crippen molar-refractivity contribution in [1.29, 1.82) is 0 Å². The Morgan fingerprint density at radius 3 is 2.58 bits per heavy atom. The van der Waals surface area contributed by atoms with E-state index in [4.69, 9.17) is 4.74 Å². The fourth-order valence-corrected chi connectivity index (χ4v) is 3.47. The highest BCUT2D eigenvalue weighted by Gasteiger charge is 2.37. The van der Waals surface area contributed by atoms with Gasteiger partial charge in [0.25, 0.3) is 0 Å². The summed E-state index contributed by atoms with van der Waals surface area (Å²) in [6.45, 7) is 5.44. The maximum Gasteiger partial charge on any atom is 0.0589 e. The van der Waals surface area contributed by atoms with Crippen LogP contribution in [-0.2, 0) is 4.74 Å². The third kappa shape index (κ3) is 4.73. The predicted molar refractivity (Wildman–Crippen MR) is 80.6 cm³/mol. The van der Waals surface area contributed by atoms with E-state index < -0.39 is 0 Å². The number of hydrogen-bond acceptors (Lipinski definition) is 3. The number of nitrogens with zero attached hydrogens (tertiary/aromatic N) is 1. The standard InChI is InChI=1S/C16H32N2O/c1-3-11-17-15-7-5-4-6-8-16(15)18(12-13-19-2)14-9-10-14/h14-17H,3-13H2,1-2H3. The summed E-state index contributed by atoms with van der Waals surface area (Å²) in [4.78, 5) is 2.77.